The van der Waals surface area contributed by atoms with E-state index in [4.69, 9.17) is 0 Å². The van der Waals surface area contributed by atoms with Gasteiger partial charge in [-0.1, -0.05) is 64.5 Å². The molecule has 4 heteroatoms. The third-order valence-electron chi connectivity index (χ3n) is 12.7. The van der Waals surface area contributed by atoms with Crippen molar-refractivity contribution in [2.24, 2.45) is 47.3 Å². The van der Waals surface area contributed by atoms with E-state index in [1.807, 2.05) is 0 Å². The first-order valence-electron chi connectivity index (χ1n) is 14.4. The van der Waals surface area contributed by atoms with E-state index in [9.17, 15) is 0 Å². The number of allylic oxidation sites excluding steroid dienone is 6. The lowest BCUT2D eigenvalue weighted by Crippen LogP contribution is -2.71. The van der Waals surface area contributed by atoms with E-state index in [1.165, 1.54) is 0 Å². The van der Waals surface area contributed by atoms with E-state index < -0.39 is 0 Å². The first-order valence-corrected chi connectivity index (χ1v) is 14.4. The molecule has 4 nitrogen and oxygen atoms in total. The molecule has 184 valence electrons. The van der Waals surface area contributed by atoms with E-state index in [2.05, 4.69) is 94.8 Å². The fourth-order valence-electron chi connectivity index (χ4n) is 10.8. The Kier molecular flexibility index (Phi) is 3.49. The molecule has 35 heavy (non-hydrogen) atoms. The Morgan fingerprint density at radius 3 is 1.51 bits per heavy atom. The topological polar surface area (TPSA) is 12.3 Å². The summed E-state index contributed by atoms with van der Waals surface area (Å²) in [7, 11) is 0. The third kappa shape index (κ3) is 1.71. The Labute approximate surface area is 211 Å². The molecule has 0 saturated carbocycles. The molecule has 8 heterocycles. The zero-order chi connectivity index (χ0) is 24.8. The highest BCUT2D eigenvalue weighted by atomic mass is 15.7. The Bertz CT molecular complexity index is 1370. The molecule has 8 aliphatic heterocycles. The Balaban J connectivity index is 1.63. The third-order valence-corrected chi connectivity index (χ3v) is 12.7. The van der Waals surface area contributed by atoms with Gasteiger partial charge in [-0.25, -0.2) is 0 Å². The van der Waals surface area contributed by atoms with Crippen molar-refractivity contribution in [3.63, 3.8) is 0 Å². The van der Waals surface area contributed by atoms with Crippen LogP contribution in [0.5, 0.6) is 0 Å². The van der Waals surface area contributed by atoms with Crippen molar-refractivity contribution in [2.45, 2.75) is 94.2 Å². The second kappa shape index (κ2) is 5.78. The van der Waals surface area contributed by atoms with Crippen LogP contribution in [0.15, 0.2) is 33.8 Å². The molecule has 0 aliphatic carbocycles. The van der Waals surface area contributed by atoms with E-state index in [0.29, 0.717) is 59.4 Å². The number of hydrogen-bond acceptors (Lipinski definition) is 1. The monoisotopic (exact) mass is 471 g/mol. The number of hydrogen-bond donors (Lipinski definition) is 0. The SMILES string of the molecule is CC1=C2C(C)C(C)C3=C(C)C4=[N+]5C(C(C)C4C)C4C(C)C(C)C6=[N+]4C5(N23)[N+]2=C1C(C)C(C)C2=C6C. The van der Waals surface area contributed by atoms with Crippen LogP contribution in [-0.4, -0.2) is 53.8 Å². The second-order valence-corrected chi connectivity index (χ2v) is 13.6. The molecule has 0 aromatic rings. The van der Waals surface area contributed by atoms with Crippen molar-refractivity contribution in [1.29, 1.82) is 0 Å². The smallest absolute Gasteiger partial charge is 0.163 e. The molecule has 0 aromatic carbocycles. The minimum absolute atomic E-state index is 0.246. The van der Waals surface area contributed by atoms with Gasteiger partial charge in [0.15, 0.2) is 0 Å². The molecule has 0 N–H and O–H groups in total. The summed E-state index contributed by atoms with van der Waals surface area (Å²) in [6.07, 6.45) is 0. The normalized spacial score (nSPS) is 50.7. The molecule has 1 spiro atoms. The quantitative estimate of drug-likeness (QED) is 0.452. The maximum Gasteiger partial charge on any atom is 0.655 e. The van der Waals surface area contributed by atoms with Gasteiger partial charge in [0.05, 0.1) is 40.6 Å². The fourth-order valence-corrected chi connectivity index (χ4v) is 10.8. The lowest BCUT2D eigenvalue weighted by molar-refractivity contribution is -0.980. The van der Waals surface area contributed by atoms with Crippen molar-refractivity contribution < 1.29 is 13.7 Å². The van der Waals surface area contributed by atoms with E-state index >= 15 is 0 Å². The van der Waals surface area contributed by atoms with Crippen LogP contribution in [0, 0.1) is 47.3 Å². The molecular formula is C31H43N4+3. The van der Waals surface area contributed by atoms with Gasteiger partial charge in [-0.15, -0.1) is 0 Å². The predicted molar refractivity (Wildman–Crippen MR) is 139 cm³/mol. The van der Waals surface area contributed by atoms with Crippen molar-refractivity contribution in [1.82, 2.24) is 4.90 Å². The van der Waals surface area contributed by atoms with Gasteiger partial charge in [0.2, 0.25) is 34.9 Å². The summed E-state index contributed by atoms with van der Waals surface area (Å²) in [4.78, 5) is 2.92. The minimum Gasteiger partial charge on any atom is -0.163 e. The predicted octanol–water partition coefficient (Wildman–Crippen LogP) is 5.02. The molecule has 0 radical (unpaired) electrons. The summed E-state index contributed by atoms with van der Waals surface area (Å²) in [6, 6.07) is 1.13. The fraction of sp³-hybridized carbons (Fsp3) is 0.710. The lowest BCUT2D eigenvalue weighted by Gasteiger charge is -2.38. The van der Waals surface area contributed by atoms with Crippen LogP contribution in [0.2, 0.25) is 0 Å². The van der Waals surface area contributed by atoms with Crippen LogP contribution in [0.4, 0.5) is 0 Å². The van der Waals surface area contributed by atoms with E-state index in [0.717, 1.165) is 0 Å². The number of nitrogens with zero attached hydrogens (tertiary/aromatic N) is 4. The largest absolute Gasteiger partial charge is 0.655 e. The zero-order valence-electron chi connectivity index (χ0n) is 23.6. The van der Waals surface area contributed by atoms with Gasteiger partial charge in [-0.2, -0.15) is 4.90 Å². The van der Waals surface area contributed by atoms with Crippen LogP contribution >= 0.6 is 0 Å². The standard InChI is InChI=1S/C31H43N4/c1-12-14(3)25-21(10)27-16(5)18(7)29-30-19(8)17(6)28-22(11)26-15(4)13(2)24-20(9)23(12)32(25)31(33(24)26,34(27)29)35(28)30/h12-19,29-30H,1-11H3/q+3. The van der Waals surface area contributed by atoms with Crippen LogP contribution in [0.1, 0.15) is 76.2 Å². The van der Waals surface area contributed by atoms with Gasteiger partial charge >= 0.3 is 5.91 Å². The molecule has 8 aliphatic rings. The molecule has 2 fully saturated rings. The van der Waals surface area contributed by atoms with Crippen LogP contribution in [0.25, 0.3) is 0 Å². The van der Waals surface area contributed by atoms with Gasteiger partial charge in [-0.3, -0.25) is 0 Å². The second-order valence-electron chi connectivity index (χ2n) is 13.6. The average molecular weight is 472 g/mol. The Hall–Kier alpha value is -1.97. The molecule has 8 rings (SSSR count). The highest BCUT2D eigenvalue weighted by molar-refractivity contribution is 6.05. The first-order chi connectivity index (χ1) is 16.5. The first kappa shape index (κ1) is 21.1. The number of fused-ring (bicyclic) bond motifs is 1. The maximum atomic E-state index is 3.00. The maximum absolute atomic E-state index is 3.00. The van der Waals surface area contributed by atoms with Gasteiger partial charge in [0.1, 0.15) is 0 Å². The van der Waals surface area contributed by atoms with E-state index in [-0.39, 0.29) is 5.91 Å². The van der Waals surface area contributed by atoms with Crippen LogP contribution in [-0.2, 0) is 0 Å². The minimum atomic E-state index is -0.246. The Morgan fingerprint density at radius 2 is 1.00 bits per heavy atom. The Morgan fingerprint density at radius 1 is 0.543 bits per heavy atom. The van der Waals surface area contributed by atoms with Gasteiger partial charge < -0.3 is 0 Å². The summed E-state index contributed by atoms with van der Waals surface area (Å²) >= 11 is 0. The summed E-state index contributed by atoms with van der Waals surface area (Å²) in [6.45, 7) is 27.6. The van der Waals surface area contributed by atoms with Gasteiger partial charge in [0, 0.05) is 34.8 Å². The molecule has 0 amide bonds. The van der Waals surface area contributed by atoms with Gasteiger partial charge in [-0.05, 0) is 25.3 Å². The molecule has 11 unspecified atom stereocenters. The average Bonchev–Trinajstić information content (AvgIpc) is 3.51. The summed E-state index contributed by atoms with van der Waals surface area (Å²) in [5.41, 5.74) is 14.5. The molecular weight excluding hydrogens is 428 g/mol. The highest BCUT2D eigenvalue weighted by Gasteiger charge is 2.92. The van der Waals surface area contributed by atoms with Crippen molar-refractivity contribution >= 4 is 17.1 Å². The molecule has 0 bridgehead atoms. The highest BCUT2D eigenvalue weighted by Crippen LogP contribution is 2.63. The van der Waals surface area contributed by atoms with Crippen molar-refractivity contribution in [3.8, 4) is 0 Å². The van der Waals surface area contributed by atoms with Crippen molar-refractivity contribution in [2.75, 3.05) is 0 Å². The molecule has 2 saturated heterocycles. The van der Waals surface area contributed by atoms with Crippen molar-refractivity contribution in [3.05, 3.63) is 33.8 Å². The lowest BCUT2D eigenvalue weighted by atomic mass is 9.79. The van der Waals surface area contributed by atoms with Crippen LogP contribution in [0.3, 0.4) is 0 Å². The zero-order valence-corrected chi connectivity index (χ0v) is 23.6. The molecule has 11 atom stereocenters. The summed E-state index contributed by atoms with van der Waals surface area (Å²) in [5, 5.41) is 0. The summed E-state index contributed by atoms with van der Waals surface area (Å²) < 4.78 is 8.92. The van der Waals surface area contributed by atoms with Crippen LogP contribution < -0.4 is 0 Å². The van der Waals surface area contributed by atoms with E-state index in [1.54, 1.807) is 50.9 Å². The molecule has 0 aromatic heterocycles. The summed E-state index contributed by atoms with van der Waals surface area (Å²) in [5.74, 6) is 4.48. The number of rotatable bonds is 0. The van der Waals surface area contributed by atoms with Gasteiger partial charge in [0.25, 0.3) is 0 Å².